The molecule has 0 amide bonds. The molecule has 6 unspecified atom stereocenters. The summed E-state index contributed by atoms with van der Waals surface area (Å²) in [5, 5.41) is 0. The maximum Gasteiger partial charge on any atom is -0.0202 e. The zero-order valence-corrected chi connectivity index (χ0v) is 9.57. The summed E-state index contributed by atoms with van der Waals surface area (Å²) in [6, 6.07) is 0. The van der Waals surface area contributed by atoms with Gasteiger partial charge in [-0.25, -0.2) is 0 Å². The third-order valence-corrected chi connectivity index (χ3v) is 5.97. The summed E-state index contributed by atoms with van der Waals surface area (Å²) in [4.78, 5) is 0. The van der Waals surface area contributed by atoms with Crippen LogP contribution >= 0.6 is 0 Å². The molecule has 5 aliphatic carbocycles. The normalized spacial score (nSPS) is 56.5. The van der Waals surface area contributed by atoms with Crippen molar-refractivity contribution >= 4 is 0 Å². The molecule has 0 aromatic heterocycles. The minimum Gasteiger partial charge on any atom is -0.0851 e. The summed E-state index contributed by atoms with van der Waals surface area (Å²) in [6.45, 7) is 0. The van der Waals surface area contributed by atoms with E-state index in [0.717, 1.165) is 35.5 Å². The average molecular weight is 202 g/mol. The summed E-state index contributed by atoms with van der Waals surface area (Å²) in [5.41, 5.74) is 0. The molecule has 0 N–H and O–H groups in total. The van der Waals surface area contributed by atoms with Crippen LogP contribution in [0.2, 0.25) is 0 Å². The van der Waals surface area contributed by atoms with Gasteiger partial charge in [0, 0.05) is 0 Å². The fraction of sp³-hybridized carbons (Fsp3) is 0.867. The van der Waals surface area contributed by atoms with Gasteiger partial charge < -0.3 is 0 Å². The fourth-order valence-electron chi connectivity index (χ4n) is 5.29. The van der Waals surface area contributed by atoms with Crippen molar-refractivity contribution in [2.45, 2.75) is 44.9 Å². The van der Waals surface area contributed by atoms with Crippen molar-refractivity contribution in [1.82, 2.24) is 0 Å². The Morgan fingerprint density at radius 2 is 1.73 bits per heavy atom. The van der Waals surface area contributed by atoms with E-state index in [2.05, 4.69) is 12.2 Å². The first kappa shape index (κ1) is 8.84. The van der Waals surface area contributed by atoms with E-state index in [4.69, 9.17) is 0 Å². The summed E-state index contributed by atoms with van der Waals surface area (Å²) >= 11 is 0. The topological polar surface area (TPSA) is 0 Å². The van der Waals surface area contributed by atoms with Gasteiger partial charge in [0.1, 0.15) is 0 Å². The zero-order valence-electron chi connectivity index (χ0n) is 9.57. The lowest BCUT2D eigenvalue weighted by molar-refractivity contribution is 0.111. The predicted octanol–water partition coefficient (Wildman–Crippen LogP) is 4.02. The van der Waals surface area contributed by atoms with Crippen LogP contribution in [0.3, 0.4) is 0 Å². The molecule has 5 aliphatic rings. The quantitative estimate of drug-likeness (QED) is 0.563. The number of allylic oxidation sites excluding steroid dienone is 2. The second-order valence-electron chi connectivity index (χ2n) is 6.62. The molecule has 0 nitrogen and oxygen atoms in total. The molecule has 15 heavy (non-hydrogen) atoms. The van der Waals surface area contributed by atoms with E-state index in [1.165, 1.54) is 12.8 Å². The SMILES string of the molecule is C1=CC2CCC1CC2C1CC2CCC1C2. The van der Waals surface area contributed by atoms with Gasteiger partial charge in [0.25, 0.3) is 0 Å². The lowest BCUT2D eigenvalue weighted by atomic mass is 9.62. The van der Waals surface area contributed by atoms with E-state index in [1.807, 2.05) is 0 Å². The summed E-state index contributed by atoms with van der Waals surface area (Å²) in [5.74, 6) is 6.49. The highest BCUT2D eigenvalue weighted by molar-refractivity contribution is 5.09. The van der Waals surface area contributed by atoms with E-state index in [1.54, 1.807) is 32.1 Å². The monoisotopic (exact) mass is 202 g/mol. The molecule has 82 valence electrons. The summed E-state index contributed by atoms with van der Waals surface area (Å²) in [6.07, 6.45) is 16.0. The minimum absolute atomic E-state index is 0.971. The van der Waals surface area contributed by atoms with Crippen LogP contribution in [0.1, 0.15) is 44.9 Å². The lowest BCUT2D eigenvalue weighted by Gasteiger charge is -2.43. The Labute approximate surface area is 93.1 Å². The molecular weight excluding hydrogens is 180 g/mol. The largest absolute Gasteiger partial charge is 0.0851 e. The maximum atomic E-state index is 2.58. The highest BCUT2D eigenvalue weighted by Gasteiger charge is 2.46. The van der Waals surface area contributed by atoms with Crippen LogP contribution < -0.4 is 0 Å². The van der Waals surface area contributed by atoms with E-state index in [0.29, 0.717) is 0 Å². The molecule has 0 saturated heterocycles. The van der Waals surface area contributed by atoms with E-state index in [9.17, 15) is 0 Å². The van der Waals surface area contributed by atoms with Crippen LogP contribution in [0, 0.1) is 35.5 Å². The third-order valence-electron chi connectivity index (χ3n) is 5.97. The van der Waals surface area contributed by atoms with Crippen LogP contribution in [-0.2, 0) is 0 Å². The van der Waals surface area contributed by atoms with Crippen molar-refractivity contribution in [3.8, 4) is 0 Å². The van der Waals surface area contributed by atoms with Gasteiger partial charge in [-0.1, -0.05) is 18.6 Å². The van der Waals surface area contributed by atoms with Gasteiger partial charge in [-0.3, -0.25) is 0 Å². The second kappa shape index (κ2) is 3.12. The van der Waals surface area contributed by atoms with Crippen LogP contribution in [-0.4, -0.2) is 0 Å². The molecule has 3 saturated carbocycles. The smallest absolute Gasteiger partial charge is 0.0202 e. The molecule has 4 bridgehead atoms. The molecule has 6 atom stereocenters. The zero-order chi connectivity index (χ0) is 9.83. The summed E-state index contributed by atoms with van der Waals surface area (Å²) < 4.78 is 0. The van der Waals surface area contributed by atoms with Gasteiger partial charge in [-0.05, 0) is 74.0 Å². The van der Waals surface area contributed by atoms with Crippen molar-refractivity contribution in [3.05, 3.63) is 12.2 Å². The average Bonchev–Trinajstić information content (AvgIpc) is 2.92. The third kappa shape index (κ3) is 1.26. The molecule has 0 aromatic carbocycles. The summed E-state index contributed by atoms with van der Waals surface area (Å²) in [7, 11) is 0. The van der Waals surface area contributed by atoms with Gasteiger partial charge >= 0.3 is 0 Å². The Morgan fingerprint density at radius 1 is 0.733 bits per heavy atom. The molecule has 0 aromatic rings. The highest BCUT2D eigenvalue weighted by atomic mass is 14.5. The first-order valence-electron chi connectivity index (χ1n) is 7.08. The van der Waals surface area contributed by atoms with Crippen molar-refractivity contribution in [3.63, 3.8) is 0 Å². The maximum absolute atomic E-state index is 2.58. The Hall–Kier alpha value is -0.260. The highest BCUT2D eigenvalue weighted by Crippen LogP contribution is 2.56. The van der Waals surface area contributed by atoms with Crippen LogP contribution in [0.5, 0.6) is 0 Å². The minimum atomic E-state index is 0.971. The Bertz CT molecular complexity index is 290. The van der Waals surface area contributed by atoms with Crippen LogP contribution in [0.25, 0.3) is 0 Å². The van der Waals surface area contributed by atoms with Crippen molar-refractivity contribution < 1.29 is 0 Å². The van der Waals surface area contributed by atoms with Crippen molar-refractivity contribution in [2.75, 3.05) is 0 Å². The van der Waals surface area contributed by atoms with Crippen molar-refractivity contribution in [2.24, 2.45) is 35.5 Å². The number of hydrogen-bond donors (Lipinski definition) is 0. The number of fused-ring (bicyclic) bond motifs is 4. The molecule has 0 heterocycles. The van der Waals surface area contributed by atoms with Gasteiger partial charge in [0.15, 0.2) is 0 Å². The van der Waals surface area contributed by atoms with Gasteiger partial charge in [0.05, 0.1) is 0 Å². The first-order valence-corrected chi connectivity index (χ1v) is 7.08. The Morgan fingerprint density at radius 3 is 2.27 bits per heavy atom. The van der Waals surface area contributed by atoms with Crippen LogP contribution in [0.4, 0.5) is 0 Å². The Kier molecular flexibility index (Phi) is 1.84. The first-order chi connectivity index (χ1) is 7.40. The molecular formula is C15H22. The number of rotatable bonds is 1. The van der Waals surface area contributed by atoms with E-state index in [-0.39, 0.29) is 0 Å². The van der Waals surface area contributed by atoms with E-state index < -0.39 is 0 Å². The van der Waals surface area contributed by atoms with Gasteiger partial charge in [0.2, 0.25) is 0 Å². The molecule has 3 fully saturated rings. The number of hydrogen-bond acceptors (Lipinski definition) is 0. The van der Waals surface area contributed by atoms with Gasteiger partial charge in [-0.2, -0.15) is 0 Å². The second-order valence-corrected chi connectivity index (χ2v) is 6.62. The van der Waals surface area contributed by atoms with E-state index >= 15 is 0 Å². The predicted molar refractivity (Wildman–Crippen MR) is 62.4 cm³/mol. The lowest BCUT2D eigenvalue weighted by Crippen LogP contribution is -2.34. The van der Waals surface area contributed by atoms with Crippen LogP contribution in [0.15, 0.2) is 12.2 Å². The van der Waals surface area contributed by atoms with Gasteiger partial charge in [-0.15, -0.1) is 0 Å². The van der Waals surface area contributed by atoms with Crippen molar-refractivity contribution in [1.29, 1.82) is 0 Å². The fourth-order valence-corrected chi connectivity index (χ4v) is 5.29. The molecule has 0 spiro atoms. The molecule has 5 rings (SSSR count). The molecule has 0 aliphatic heterocycles. The standard InChI is InChI=1S/C15H22/c1-4-12-5-2-10(1)8-14(12)15-9-11-3-6-13(15)7-11/h1,4,10-15H,2-3,5-9H2. The molecule has 0 heteroatoms. The Balaban J connectivity index is 1.57. The molecule has 0 radical (unpaired) electrons.